The van der Waals surface area contributed by atoms with Crippen molar-refractivity contribution in [2.75, 3.05) is 0 Å². The smallest absolute Gasteiger partial charge is 0.145 e. The first kappa shape index (κ1) is 13.4. The minimum Gasteiger partial charge on any atom is -0.298 e. The molecule has 0 aliphatic heterocycles. The molecule has 0 heterocycles. The minimum absolute atomic E-state index is 0.976. The lowest BCUT2D eigenvalue weighted by Crippen LogP contribution is -1.86. The summed E-state index contributed by atoms with van der Waals surface area (Å²) in [6, 6.07) is 0. The Kier molecular flexibility index (Phi) is 10.0. The minimum atomic E-state index is 0.976. The second-order valence-electron chi connectivity index (χ2n) is 3.85. The molecule has 0 saturated carbocycles. The Morgan fingerprint density at radius 1 is 1.00 bits per heavy atom. The van der Waals surface area contributed by atoms with Crippen LogP contribution in [0.2, 0.25) is 0 Å². The van der Waals surface area contributed by atoms with E-state index in [9.17, 15) is 4.79 Å². The van der Waals surface area contributed by atoms with Crippen molar-refractivity contribution in [3.05, 3.63) is 11.6 Å². The molecule has 0 aromatic heterocycles. The summed E-state index contributed by atoms with van der Waals surface area (Å²) in [5.41, 5.74) is 1.01. The number of unbranched alkanes of at least 4 members (excludes halogenated alkanes) is 5. The predicted molar refractivity (Wildman–Crippen MR) is 62.4 cm³/mol. The van der Waals surface area contributed by atoms with Gasteiger partial charge in [0.05, 0.1) is 0 Å². The average Bonchev–Trinajstić information content (AvgIpc) is 2.22. The maximum atomic E-state index is 10.7. The normalized spacial score (nSPS) is 11.7. The van der Waals surface area contributed by atoms with E-state index in [1.165, 1.54) is 32.1 Å². The van der Waals surface area contributed by atoms with E-state index in [1.54, 1.807) is 0 Å². The quantitative estimate of drug-likeness (QED) is 0.306. The van der Waals surface area contributed by atoms with Crippen LogP contribution in [0.3, 0.4) is 0 Å². The van der Waals surface area contributed by atoms with Gasteiger partial charge >= 0.3 is 0 Å². The average molecular weight is 196 g/mol. The van der Waals surface area contributed by atoms with Crippen LogP contribution in [0, 0.1) is 0 Å². The van der Waals surface area contributed by atoms with Gasteiger partial charge in [0.2, 0.25) is 0 Å². The van der Waals surface area contributed by atoms with Crippen molar-refractivity contribution < 1.29 is 4.79 Å². The fourth-order valence-electron chi connectivity index (χ4n) is 1.47. The third-order valence-corrected chi connectivity index (χ3v) is 2.43. The van der Waals surface area contributed by atoms with Gasteiger partial charge in [0.1, 0.15) is 6.29 Å². The zero-order valence-electron chi connectivity index (χ0n) is 9.72. The number of allylic oxidation sites excluding steroid dienone is 2. The lowest BCUT2D eigenvalue weighted by atomic mass is 10.1. The molecule has 0 spiro atoms. The summed E-state index contributed by atoms with van der Waals surface area (Å²) in [6.45, 7) is 4.39. The predicted octanol–water partition coefficient (Wildman–Crippen LogP) is 4.27. The number of carbonyl (C=O) groups is 1. The van der Waals surface area contributed by atoms with Crippen molar-refractivity contribution in [2.24, 2.45) is 0 Å². The van der Waals surface area contributed by atoms with E-state index >= 15 is 0 Å². The molecule has 0 aromatic rings. The van der Waals surface area contributed by atoms with Crippen LogP contribution in [-0.4, -0.2) is 6.29 Å². The number of aldehydes is 1. The molecule has 0 saturated heterocycles. The molecule has 0 radical (unpaired) electrons. The molecule has 0 amide bonds. The molecular formula is C13H24O. The van der Waals surface area contributed by atoms with Crippen molar-refractivity contribution in [1.29, 1.82) is 0 Å². The van der Waals surface area contributed by atoms with Gasteiger partial charge in [-0.2, -0.15) is 0 Å². The SMILES string of the molecule is CCCCCC=C(C=O)CCCCC. The van der Waals surface area contributed by atoms with Crippen LogP contribution >= 0.6 is 0 Å². The fourth-order valence-corrected chi connectivity index (χ4v) is 1.47. The highest BCUT2D eigenvalue weighted by Crippen LogP contribution is 2.09. The van der Waals surface area contributed by atoms with Gasteiger partial charge in [0, 0.05) is 0 Å². The summed E-state index contributed by atoms with van der Waals surface area (Å²) in [5, 5.41) is 0. The van der Waals surface area contributed by atoms with Gasteiger partial charge in [0.25, 0.3) is 0 Å². The Hall–Kier alpha value is -0.590. The Morgan fingerprint density at radius 2 is 1.64 bits per heavy atom. The number of hydrogen-bond donors (Lipinski definition) is 0. The molecule has 0 bridgehead atoms. The standard InChI is InChI=1S/C13H24O/c1-3-5-7-9-11-13(12-14)10-8-6-4-2/h11-12H,3-10H2,1-2H3. The van der Waals surface area contributed by atoms with E-state index in [-0.39, 0.29) is 0 Å². The largest absolute Gasteiger partial charge is 0.298 e. The summed E-state index contributed by atoms with van der Waals surface area (Å²) in [7, 11) is 0. The number of carbonyl (C=O) groups excluding carboxylic acids is 1. The first-order chi connectivity index (χ1) is 6.85. The Balaban J connectivity index is 3.58. The van der Waals surface area contributed by atoms with E-state index in [1.807, 2.05) is 0 Å². The lowest BCUT2D eigenvalue weighted by molar-refractivity contribution is -0.105. The lowest BCUT2D eigenvalue weighted by Gasteiger charge is -1.99. The zero-order valence-corrected chi connectivity index (χ0v) is 9.72. The Labute approximate surface area is 88.6 Å². The molecule has 0 fully saturated rings. The molecule has 82 valence electrons. The molecule has 0 atom stereocenters. The van der Waals surface area contributed by atoms with Gasteiger partial charge in [-0.3, -0.25) is 4.79 Å². The molecule has 0 aromatic carbocycles. The van der Waals surface area contributed by atoms with Crippen LogP contribution in [0.5, 0.6) is 0 Å². The van der Waals surface area contributed by atoms with Gasteiger partial charge in [-0.15, -0.1) is 0 Å². The van der Waals surface area contributed by atoms with Gasteiger partial charge in [-0.1, -0.05) is 45.6 Å². The van der Waals surface area contributed by atoms with Crippen molar-refractivity contribution in [1.82, 2.24) is 0 Å². The highest BCUT2D eigenvalue weighted by atomic mass is 16.1. The van der Waals surface area contributed by atoms with Crippen LogP contribution in [0.15, 0.2) is 11.6 Å². The Morgan fingerprint density at radius 3 is 2.21 bits per heavy atom. The van der Waals surface area contributed by atoms with Crippen molar-refractivity contribution in [3.63, 3.8) is 0 Å². The van der Waals surface area contributed by atoms with E-state index in [0.717, 1.165) is 31.1 Å². The summed E-state index contributed by atoms with van der Waals surface area (Å²) in [6.07, 6.45) is 12.6. The van der Waals surface area contributed by atoms with E-state index in [2.05, 4.69) is 19.9 Å². The highest BCUT2D eigenvalue weighted by Gasteiger charge is 1.94. The molecular weight excluding hydrogens is 172 g/mol. The van der Waals surface area contributed by atoms with Gasteiger partial charge < -0.3 is 0 Å². The molecule has 14 heavy (non-hydrogen) atoms. The first-order valence-electron chi connectivity index (χ1n) is 5.99. The van der Waals surface area contributed by atoms with Gasteiger partial charge in [-0.25, -0.2) is 0 Å². The molecule has 1 nitrogen and oxygen atoms in total. The third-order valence-electron chi connectivity index (χ3n) is 2.43. The summed E-state index contributed by atoms with van der Waals surface area (Å²) < 4.78 is 0. The third kappa shape index (κ3) is 8.03. The molecule has 0 rings (SSSR count). The van der Waals surface area contributed by atoms with Crippen LogP contribution in [-0.2, 0) is 4.79 Å². The van der Waals surface area contributed by atoms with Crippen LogP contribution < -0.4 is 0 Å². The zero-order chi connectivity index (χ0) is 10.6. The van der Waals surface area contributed by atoms with Crippen LogP contribution in [0.25, 0.3) is 0 Å². The summed E-state index contributed by atoms with van der Waals surface area (Å²) >= 11 is 0. The summed E-state index contributed by atoms with van der Waals surface area (Å²) in [4.78, 5) is 10.7. The highest BCUT2D eigenvalue weighted by molar-refractivity contribution is 5.72. The molecule has 0 aliphatic rings. The second kappa shape index (κ2) is 10.5. The van der Waals surface area contributed by atoms with Crippen LogP contribution in [0.1, 0.15) is 65.2 Å². The maximum Gasteiger partial charge on any atom is 0.145 e. The van der Waals surface area contributed by atoms with Crippen molar-refractivity contribution >= 4 is 6.29 Å². The van der Waals surface area contributed by atoms with Gasteiger partial charge in [0.15, 0.2) is 0 Å². The monoisotopic (exact) mass is 196 g/mol. The summed E-state index contributed by atoms with van der Waals surface area (Å²) in [5.74, 6) is 0. The van der Waals surface area contributed by atoms with Crippen LogP contribution in [0.4, 0.5) is 0 Å². The van der Waals surface area contributed by atoms with E-state index in [4.69, 9.17) is 0 Å². The van der Waals surface area contributed by atoms with E-state index in [0.29, 0.717) is 0 Å². The first-order valence-corrected chi connectivity index (χ1v) is 5.99. The maximum absolute atomic E-state index is 10.7. The molecule has 0 N–H and O–H groups in total. The Bertz CT molecular complexity index is 159. The van der Waals surface area contributed by atoms with Crippen molar-refractivity contribution in [3.8, 4) is 0 Å². The topological polar surface area (TPSA) is 17.1 Å². The van der Waals surface area contributed by atoms with Gasteiger partial charge in [-0.05, 0) is 31.3 Å². The molecule has 0 aliphatic carbocycles. The molecule has 1 heteroatoms. The van der Waals surface area contributed by atoms with Crippen molar-refractivity contribution in [2.45, 2.75) is 65.2 Å². The van der Waals surface area contributed by atoms with E-state index < -0.39 is 0 Å². The molecule has 0 unspecified atom stereocenters. The second-order valence-corrected chi connectivity index (χ2v) is 3.85. The number of rotatable bonds is 9. The fraction of sp³-hybridized carbons (Fsp3) is 0.769. The number of hydrogen-bond acceptors (Lipinski definition) is 1.